The maximum absolute atomic E-state index is 13.2. The summed E-state index contributed by atoms with van der Waals surface area (Å²) in [5, 5.41) is 3.00. The first-order valence-electron chi connectivity index (χ1n) is 10.9. The molecule has 1 fully saturated rings. The third-order valence-electron chi connectivity index (χ3n) is 6.25. The van der Waals surface area contributed by atoms with E-state index < -0.39 is 10.0 Å². The molecule has 7 nitrogen and oxygen atoms in total. The summed E-state index contributed by atoms with van der Waals surface area (Å²) < 4.78 is 28.9. The number of rotatable bonds is 5. The molecule has 166 valence electrons. The van der Waals surface area contributed by atoms with E-state index in [1.165, 1.54) is 22.1 Å². The fourth-order valence-corrected chi connectivity index (χ4v) is 6.16. The zero-order valence-corrected chi connectivity index (χ0v) is 18.8. The van der Waals surface area contributed by atoms with E-state index in [1.54, 1.807) is 11.6 Å². The average Bonchev–Trinajstić information content (AvgIpc) is 3.54. The summed E-state index contributed by atoms with van der Waals surface area (Å²) >= 11 is 0. The number of carbonyl (C=O) groups is 1. The molecule has 0 unspecified atom stereocenters. The Balaban J connectivity index is 1.42. The number of hydrogen-bond acceptors (Lipinski definition) is 4. The summed E-state index contributed by atoms with van der Waals surface area (Å²) in [6.45, 7) is 1.90. The van der Waals surface area contributed by atoms with Gasteiger partial charge in [0.1, 0.15) is 10.6 Å². The van der Waals surface area contributed by atoms with Gasteiger partial charge in [0.15, 0.2) is 0 Å². The molecule has 5 rings (SSSR count). The van der Waals surface area contributed by atoms with E-state index in [2.05, 4.69) is 22.3 Å². The number of nitrogens with one attached hydrogen (secondary N) is 1. The van der Waals surface area contributed by atoms with Crippen molar-refractivity contribution in [2.24, 2.45) is 7.05 Å². The van der Waals surface area contributed by atoms with Crippen molar-refractivity contribution in [1.29, 1.82) is 0 Å². The molecule has 0 bridgehead atoms. The highest BCUT2D eigenvalue weighted by Crippen LogP contribution is 2.38. The third kappa shape index (κ3) is 3.59. The van der Waals surface area contributed by atoms with E-state index in [0.717, 1.165) is 37.2 Å². The maximum Gasteiger partial charge on any atom is 0.272 e. The topological polar surface area (TPSA) is 74.6 Å². The minimum atomic E-state index is -3.58. The number of fused-ring (bicyclic) bond motifs is 1. The van der Waals surface area contributed by atoms with Crippen molar-refractivity contribution in [3.05, 3.63) is 72.1 Å². The molecule has 0 aliphatic carbocycles. The number of amides is 1. The lowest BCUT2D eigenvalue weighted by atomic mass is 10.1. The van der Waals surface area contributed by atoms with Gasteiger partial charge in [-0.2, -0.15) is 4.31 Å². The highest BCUT2D eigenvalue weighted by atomic mass is 32.2. The van der Waals surface area contributed by atoms with Gasteiger partial charge in [0, 0.05) is 38.6 Å². The van der Waals surface area contributed by atoms with E-state index in [1.807, 2.05) is 36.4 Å². The summed E-state index contributed by atoms with van der Waals surface area (Å²) in [6, 6.07) is 17.5. The molecule has 2 aliphatic rings. The van der Waals surface area contributed by atoms with Crippen molar-refractivity contribution in [3.63, 3.8) is 0 Å². The molecule has 8 heteroatoms. The molecule has 0 saturated carbocycles. The Bertz CT molecular complexity index is 1280. The monoisotopic (exact) mass is 450 g/mol. The molecule has 1 N–H and O–H groups in total. The minimum Gasteiger partial charge on any atom is -0.345 e. The van der Waals surface area contributed by atoms with Crippen LogP contribution in [0.3, 0.4) is 0 Å². The lowest BCUT2D eigenvalue weighted by molar-refractivity contribution is 0.101. The van der Waals surface area contributed by atoms with Crippen LogP contribution in [-0.2, 0) is 23.5 Å². The molecular weight excluding hydrogens is 424 g/mol. The summed E-state index contributed by atoms with van der Waals surface area (Å²) in [6.07, 6.45) is 4.21. The Labute approximate surface area is 188 Å². The van der Waals surface area contributed by atoms with Crippen LogP contribution in [0.5, 0.6) is 0 Å². The zero-order chi connectivity index (χ0) is 22.3. The highest BCUT2D eigenvalue weighted by molar-refractivity contribution is 7.89. The van der Waals surface area contributed by atoms with Crippen molar-refractivity contribution >= 4 is 33.0 Å². The van der Waals surface area contributed by atoms with Crippen molar-refractivity contribution in [2.75, 3.05) is 29.9 Å². The molecule has 32 heavy (non-hydrogen) atoms. The van der Waals surface area contributed by atoms with Gasteiger partial charge >= 0.3 is 0 Å². The van der Waals surface area contributed by atoms with Gasteiger partial charge in [-0.15, -0.1) is 0 Å². The quantitative estimate of drug-likeness (QED) is 0.642. The molecule has 1 saturated heterocycles. The lowest BCUT2D eigenvalue weighted by Gasteiger charge is -2.23. The summed E-state index contributed by atoms with van der Waals surface area (Å²) in [5.74, 6) is -0.338. The Morgan fingerprint density at radius 2 is 1.62 bits per heavy atom. The van der Waals surface area contributed by atoms with Gasteiger partial charge in [-0.3, -0.25) is 4.79 Å². The lowest BCUT2D eigenvalue weighted by Crippen LogP contribution is -2.27. The van der Waals surface area contributed by atoms with Crippen LogP contribution >= 0.6 is 0 Å². The number of nitrogens with zero attached hydrogens (tertiary/aromatic N) is 3. The molecule has 1 amide bonds. The van der Waals surface area contributed by atoms with E-state index in [0.29, 0.717) is 24.5 Å². The Hall–Kier alpha value is -3.10. The predicted molar refractivity (Wildman–Crippen MR) is 125 cm³/mol. The second kappa shape index (κ2) is 8.11. The van der Waals surface area contributed by atoms with E-state index in [4.69, 9.17) is 0 Å². The van der Waals surface area contributed by atoms with Crippen molar-refractivity contribution in [2.45, 2.75) is 24.2 Å². The molecule has 0 spiro atoms. The van der Waals surface area contributed by atoms with Gasteiger partial charge in [0.05, 0.1) is 11.4 Å². The number of sulfonamides is 1. The van der Waals surface area contributed by atoms with Crippen LogP contribution in [0.25, 0.3) is 0 Å². The van der Waals surface area contributed by atoms with E-state index in [9.17, 15) is 13.2 Å². The van der Waals surface area contributed by atoms with Crippen LogP contribution < -0.4 is 10.2 Å². The van der Waals surface area contributed by atoms with Gasteiger partial charge in [-0.1, -0.05) is 30.3 Å². The van der Waals surface area contributed by atoms with Crippen LogP contribution in [0.1, 0.15) is 28.9 Å². The second-order valence-electron chi connectivity index (χ2n) is 8.28. The minimum absolute atomic E-state index is 0.161. The zero-order valence-electron chi connectivity index (χ0n) is 18.0. The number of para-hydroxylation sites is 3. The fourth-order valence-electron chi connectivity index (χ4n) is 4.57. The van der Waals surface area contributed by atoms with Crippen LogP contribution in [-0.4, -0.2) is 42.8 Å². The fraction of sp³-hybridized carbons (Fsp3) is 0.292. The molecule has 2 aliphatic heterocycles. The van der Waals surface area contributed by atoms with Crippen molar-refractivity contribution in [1.82, 2.24) is 8.87 Å². The molecule has 1 aromatic heterocycles. The standard InChI is InChI=1S/C24H26N4O3S/c1-26-17-19(32(30,31)27-13-6-7-14-27)16-23(26)24(29)25-20-9-3-5-11-22(20)28-15-12-18-8-2-4-10-21(18)28/h2-5,8-11,16-17H,6-7,12-15H2,1H3,(H,25,29). The summed E-state index contributed by atoms with van der Waals surface area (Å²) in [7, 11) is -1.88. The molecule has 3 aromatic rings. The van der Waals surface area contributed by atoms with Gasteiger partial charge in [-0.25, -0.2) is 8.42 Å². The molecule has 3 heterocycles. The maximum atomic E-state index is 13.2. The van der Waals surface area contributed by atoms with Crippen LogP contribution in [0, 0.1) is 0 Å². The van der Waals surface area contributed by atoms with Crippen LogP contribution in [0.4, 0.5) is 17.1 Å². The highest BCUT2D eigenvalue weighted by Gasteiger charge is 2.30. The van der Waals surface area contributed by atoms with Gasteiger partial charge < -0.3 is 14.8 Å². The number of benzene rings is 2. The van der Waals surface area contributed by atoms with Gasteiger partial charge in [0.2, 0.25) is 10.0 Å². The van der Waals surface area contributed by atoms with E-state index >= 15 is 0 Å². The van der Waals surface area contributed by atoms with Gasteiger partial charge in [0.25, 0.3) is 5.91 Å². The van der Waals surface area contributed by atoms with E-state index in [-0.39, 0.29) is 10.8 Å². The van der Waals surface area contributed by atoms with Crippen LogP contribution in [0.15, 0.2) is 65.7 Å². The predicted octanol–water partition coefficient (Wildman–Crippen LogP) is 3.76. The Kier molecular flexibility index (Phi) is 5.27. The molecular formula is C24H26N4O3S. The van der Waals surface area contributed by atoms with Crippen molar-refractivity contribution < 1.29 is 13.2 Å². The SMILES string of the molecule is Cn1cc(S(=O)(=O)N2CCCC2)cc1C(=O)Nc1ccccc1N1CCc2ccccc21. The summed E-state index contributed by atoms with van der Waals surface area (Å²) in [5.41, 5.74) is 4.35. The largest absolute Gasteiger partial charge is 0.345 e. The first-order chi connectivity index (χ1) is 15.4. The molecule has 2 aromatic carbocycles. The number of carbonyl (C=O) groups excluding carboxylic acids is 1. The first-order valence-corrected chi connectivity index (χ1v) is 12.3. The smallest absolute Gasteiger partial charge is 0.272 e. The molecule has 0 atom stereocenters. The van der Waals surface area contributed by atoms with Crippen molar-refractivity contribution in [3.8, 4) is 0 Å². The Morgan fingerprint density at radius 1 is 0.938 bits per heavy atom. The number of aromatic nitrogens is 1. The number of anilines is 3. The van der Waals surface area contributed by atoms with Crippen LogP contribution in [0.2, 0.25) is 0 Å². The normalized spacial score (nSPS) is 16.3. The second-order valence-corrected chi connectivity index (χ2v) is 10.2. The Morgan fingerprint density at radius 3 is 2.41 bits per heavy atom. The average molecular weight is 451 g/mol. The number of hydrogen-bond donors (Lipinski definition) is 1. The third-order valence-corrected chi connectivity index (χ3v) is 8.11. The summed E-state index contributed by atoms with van der Waals surface area (Å²) in [4.78, 5) is 15.5. The number of aryl methyl sites for hydroxylation is 1. The first kappa shape index (κ1) is 20.8. The van der Waals surface area contributed by atoms with Gasteiger partial charge in [-0.05, 0) is 49.1 Å². The molecule has 0 radical (unpaired) electrons.